The maximum Gasteiger partial charge on any atom is 0.490 e. The molecule has 0 fully saturated rings. The summed E-state index contributed by atoms with van der Waals surface area (Å²) < 4.78 is 1.23. The van der Waals surface area contributed by atoms with E-state index in [0.717, 1.165) is 5.56 Å². The molecular formula is C11H11N7O3. The minimum atomic E-state index is -0.699. The van der Waals surface area contributed by atoms with Crippen molar-refractivity contribution in [3.05, 3.63) is 46.5 Å². The Kier molecular flexibility index (Phi) is 4.64. The molecule has 0 aliphatic heterocycles. The van der Waals surface area contributed by atoms with E-state index < -0.39 is 10.9 Å². The van der Waals surface area contributed by atoms with Gasteiger partial charge in [0.2, 0.25) is 12.2 Å². The van der Waals surface area contributed by atoms with Crippen LogP contribution in [0.1, 0.15) is 12.0 Å². The normalized spacial score (nSPS) is 10.7. The molecule has 0 spiro atoms. The monoisotopic (exact) mass is 289 g/mol. The lowest BCUT2D eigenvalue weighted by Crippen LogP contribution is -2.19. The summed E-state index contributed by atoms with van der Waals surface area (Å²) in [6, 6.07) is 3.48. The third-order valence-corrected chi connectivity index (χ3v) is 2.36. The number of nitrogens with one attached hydrogen (secondary N) is 1. The van der Waals surface area contributed by atoms with Crippen molar-refractivity contribution in [1.82, 2.24) is 25.2 Å². The van der Waals surface area contributed by atoms with Crippen LogP contribution >= 0.6 is 0 Å². The van der Waals surface area contributed by atoms with Gasteiger partial charge < -0.3 is 10.1 Å². The quantitative estimate of drug-likeness (QED) is 0.457. The molecule has 2 aromatic heterocycles. The van der Waals surface area contributed by atoms with Crippen LogP contribution < -0.4 is 5.43 Å². The van der Waals surface area contributed by atoms with Crippen LogP contribution in [0.2, 0.25) is 0 Å². The molecule has 10 heteroatoms. The summed E-state index contributed by atoms with van der Waals surface area (Å²) in [6.45, 7) is 0.178. The van der Waals surface area contributed by atoms with Crippen LogP contribution in [0.25, 0.3) is 0 Å². The molecule has 0 bridgehead atoms. The summed E-state index contributed by atoms with van der Waals surface area (Å²) in [4.78, 5) is 28.5. The van der Waals surface area contributed by atoms with Crippen LogP contribution in [0.15, 0.2) is 36.0 Å². The molecule has 0 unspecified atom stereocenters. The zero-order valence-corrected chi connectivity index (χ0v) is 10.8. The molecule has 21 heavy (non-hydrogen) atoms. The van der Waals surface area contributed by atoms with Gasteiger partial charge in [0, 0.05) is 23.9 Å². The first-order valence-corrected chi connectivity index (χ1v) is 5.91. The average molecular weight is 289 g/mol. The van der Waals surface area contributed by atoms with Crippen LogP contribution in [-0.4, -0.2) is 36.8 Å². The fourth-order valence-corrected chi connectivity index (χ4v) is 1.38. The van der Waals surface area contributed by atoms with Gasteiger partial charge in [-0.1, -0.05) is 4.98 Å². The van der Waals surface area contributed by atoms with E-state index in [9.17, 15) is 14.9 Å². The average Bonchev–Trinajstić information content (AvgIpc) is 2.95. The highest BCUT2D eigenvalue weighted by molar-refractivity contribution is 5.82. The van der Waals surface area contributed by atoms with E-state index >= 15 is 0 Å². The lowest BCUT2D eigenvalue weighted by molar-refractivity contribution is -0.394. The minimum absolute atomic E-state index is 0.0776. The molecule has 0 aliphatic rings. The number of nitro groups is 1. The Morgan fingerprint density at radius 1 is 1.48 bits per heavy atom. The smallest absolute Gasteiger partial charge is 0.390 e. The molecule has 0 aromatic carbocycles. The van der Waals surface area contributed by atoms with Crippen molar-refractivity contribution in [3.8, 4) is 0 Å². The van der Waals surface area contributed by atoms with E-state index in [1.165, 1.54) is 17.2 Å². The Balaban J connectivity index is 1.77. The second-order valence-corrected chi connectivity index (χ2v) is 3.89. The first kappa shape index (κ1) is 14.2. The number of carbonyl (C=O) groups excluding carboxylic acids is 1. The molecule has 0 aliphatic carbocycles. The minimum Gasteiger partial charge on any atom is -0.390 e. The van der Waals surface area contributed by atoms with Gasteiger partial charge in [0.25, 0.3) is 0 Å². The Labute approximate surface area is 118 Å². The van der Waals surface area contributed by atoms with Crippen molar-refractivity contribution in [3.63, 3.8) is 0 Å². The van der Waals surface area contributed by atoms with Gasteiger partial charge in [0.15, 0.2) is 0 Å². The van der Waals surface area contributed by atoms with Gasteiger partial charge in [0.05, 0.1) is 12.8 Å². The van der Waals surface area contributed by atoms with Gasteiger partial charge in [-0.2, -0.15) is 9.78 Å². The van der Waals surface area contributed by atoms with Crippen LogP contribution in [0.4, 0.5) is 5.95 Å². The Bertz CT molecular complexity index is 653. The van der Waals surface area contributed by atoms with E-state index in [0.29, 0.717) is 0 Å². The van der Waals surface area contributed by atoms with Crippen LogP contribution in [0.3, 0.4) is 0 Å². The molecule has 2 heterocycles. The largest absolute Gasteiger partial charge is 0.490 e. The van der Waals surface area contributed by atoms with E-state index in [4.69, 9.17) is 0 Å². The van der Waals surface area contributed by atoms with Gasteiger partial charge >= 0.3 is 5.95 Å². The van der Waals surface area contributed by atoms with E-state index in [1.807, 2.05) is 0 Å². The van der Waals surface area contributed by atoms with Crippen molar-refractivity contribution >= 4 is 18.1 Å². The van der Waals surface area contributed by atoms with Crippen molar-refractivity contribution < 1.29 is 9.72 Å². The number of carbonyl (C=O) groups is 1. The number of pyridine rings is 1. The highest BCUT2D eigenvalue weighted by Gasteiger charge is 2.13. The number of aryl methyl sites for hydroxylation is 1. The maximum atomic E-state index is 11.5. The second-order valence-electron chi connectivity index (χ2n) is 3.89. The number of hydrogen-bond acceptors (Lipinski definition) is 7. The van der Waals surface area contributed by atoms with Crippen molar-refractivity contribution in [1.29, 1.82) is 0 Å². The first-order chi connectivity index (χ1) is 10.1. The number of hydrogen-bond donors (Lipinski definition) is 1. The van der Waals surface area contributed by atoms with Gasteiger partial charge in [0.1, 0.15) is 0 Å². The van der Waals surface area contributed by atoms with E-state index in [-0.39, 0.29) is 18.9 Å². The molecule has 0 saturated carbocycles. The van der Waals surface area contributed by atoms with Gasteiger partial charge in [-0.25, -0.2) is 5.43 Å². The summed E-state index contributed by atoms with van der Waals surface area (Å²) in [5.41, 5.74) is 3.15. The first-order valence-electron chi connectivity index (χ1n) is 5.91. The highest BCUT2D eigenvalue weighted by Crippen LogP contribution is 2.00. The predicted octanol–water partition coefficient (Wildman–Crippen LogP) is 0.122. The fourth-order valence-electron chi connectivity index (χ4n) is 1.38. The maximum absolute atomic E-state index is 11.5. The molecule has 1 N–H and O–H groups in total. The zero-order valence-electron chi connectivity index (χ0n) is 10.8. The number of hydrazone groups is 1. The Hall–Kier alpha value is -3.17. The Morgan fingerprint density at radius 2 is 2.24 bits per heavy atom. The second kappa shape index (κ2) is 6.84. The summed E-state index contributed by atoms with van der Waals surface area (Å²) >= 11 is 0. The van der Waals surface area contributed by atoms with E-state index in [1.54, 1.807) is 24.5 Å². The molecule has 0 saturated heterocycles. The van der Waals surface area contributed by atoms with Gasteiger partial charge in [-0.3, -0.25) is 9.78 Å². The molecular weight excluding hydrogens is 278 g/mol. The van der Waals surface area contributed by atoms with Gasteiger partial charge in [-0.05, 0) is 22.6 Å². The number of nitrogens with zero attached hydrogens (tertiary/aromatic N) is 6. The number of aromatic nitrogens is 4. The lowest BCUT2D eigenvalue weighted by atomic mass is 10.3. The van der Waals surface area contributed by atoms with Crippen molar-refractivity contribution in [2.24, 2.45) is 5.10 Å². The number of rotatable bonds is 6. The summed E-state index contributed by atoms with van der Waals surface area (Å²) in [7, 11) is 0. The Morgan fingerprint density at radius 3 is 2.90 bits per heavy atom. The zero-order chi connectivity index (χ0) is 15.1. The predicted molar refractivity (Wildman–Crippen MR) is 71.3 cm³/mol. The standard InChI is InChI=1S/C11H11N7O3/c19-10(15-14-7-9-1-4-12-5-2-9)3-6-17-8-13-11(16-17)18(20)21/h1-2,4-5,7-8H,3,6H2,(H,15,19)/b14-7-. The van der Waals surface area contributed by atoms with Crippen molar-refractivity contribution in [2.45, 2.75) is 13.0 Å². The molecule has 0 atom stereocenters. The van der Waals surface area contributed by atoms with Gasteiger partial charge in [-0.15, -0.1) is 0 Å². The molecule has 2 rings (SSSR count). The third kappa shape index (κ3) is 4.45. The van der Waals surface area contributed by atoms with Crippen LogP contribution in [0.5, 0.6) is 0 Å². The fraction of sp³-hybridized carbons (Fsp3) is 0.182. The molecule has 10 nitrogen and oxygen atoms in total. The molecule has 0 radical (unpaired) electrons. The summed E-state index contributed by atoms with van der Waals surface area (Å²) in [5, 5.41) is 17.8. The van der Waals surface area contributed by atoms with Crippen LogP contribution in [0, 0.1) is 10.1 Å². The molecule has 2 aromatic rings. The third-order valence-electron chi connectivity index (χ3n) is 2.36. The van der Waals surface area contributed by atoms with Crippen LogP contribution in [-0.2, 0) is 11.3 Å². The molecule has 1 amide bonds. The lowest BCUT2D eigenvalue weighted by Gasteiger charge is -1.97. The summed E-state index contributed by atoms with van der Waals surface area (Å²) in [6.07, 6.45) is 5.99. The SMILES string of the molecule is O=C(CCn1cnc([N+](=O)[O-])n1)N/N=C\c1ccncc1. The summed E-state index contributed by atoms with van der Waals surface area (Å²) in [5.74, 6) is -0.829. The topological polar surface area (TPSA) is 128 Å². The molecule has 108 valence electrons. The number of amides is 1. The highest BCUT2D eigenvalue weighted by atomic mass is 16.6. The van der Waals surface area contributed by atoms with Crippen molar-refractivity contribution in [2.75, 3.05) is 0 Å². The van der Waals surface area contributed by atoms with E-state index in [2.05, 4.69) is 25.6 Å².